The molecule has 0 radical (unpaired) electrons. The van der Waals surface area contributed by atoms with Crippen LogP contribution in [0.15, 0.2) is 105 Å². The van der Waals surface area contributed by atoms with Gasteiger partial charge in [0.25, 0.3) is 5.91 Å². The van der Waals surface area contributed by atoms with Crippen LogP contribution in [-0.2, 0) is 0 Å². The van der Waals surface area contributed by atoms with E-state index in [9.17, 15) is 9.59 Å². The van der Waals surface area contributed by atoms with E-state index in [1.54, 1.807) is 78.9 Å². The summed E-state index contributed by atoms with van der Waals surface area (Å²) >= 11 is 12.2. The molecule has 0 bridgehead atoms. The first-order valence-corrected chi connectivity index (χ1v) is 12.0. The van der Waals surface area contributed by atoms with Crippen LogP contribution in [0.4, 0.5) is 5.69 Å². The number of oxazole rings is 1. The molecule has 1 amide bonds. The third-order valence-electron chi connectivity index (χ3n) is 5.88. The summed E-state index contributed by atoms with van der Waals surface area (Å²) in [6.07, 6.45) is 0. The van der Waals surface area contributed by atoms with E-state index in [1.807, 2.05) is 12.1 Å². The van der Waals surface area contributed by atoms with Crippen LogP contribution in [0.3, 0.4) is 0 Å². The molecule has 6 nitrogen and oxygen atoms in total. The standard InChI is InChI=1S/C29H16Cl2N2O4/c30-20-14-23(31)26-24(15-20)33-28(37-26)16-8-10-21(11-9-16)32-27(34)19-6-3-5-17(12-19)22-13-18-4-1-2-7-25(18)36-29(22)35/h1-15H,(H,32,34). The Labute approximate surface area is 220 Å². The zero-order valence-electron chi connectivity index (χ0n) is 19.0. The van der Waals surface area contributed by atoms with Gasteiger partial charge < -0.3 is 14.2 Å². The number of hydrogen-bond donors (Lipinski definition) is 1. The highest BCUT2D eigenvalue weighted by atomic mass is 35.5. The summed E-state index contributed by atoms with van der Waals surface area (Å²) in [5, 5.41) is 4.53. The Morgan fingerprint density at radius 1 is 0.811 bits per heavy atom. The SMILES string of the molecule is O=C(Nc1ccc(-c2nc3cc(Cl)cc(Cl)c3o2)cc1)c1cccc(-c2cc3ccccc3oc2=O)c1. The average molecular weight is 527 g/mol. The van der Waals surface area contributed by atoms with Gasteiger partial charge in [-0.15, -0.1) is 0 Å². The molecule has 6 rings (SSSR count). The third-order valence-corrected chi connectivity index (χ3v) is 6.38. The molecule has 37 heavy (non-hydrogen) atoms. The lowest BCUT2D eigenvalue weighted by Gasteiger charge is -2.08. The maximum Gasteiger partial charge on any atom is 0.344 e. The molecule has 6 aromatic rings. The number of amides is 1. The monoisotopic (exact) mass is 526 g/mol. The predicted octanol–water partition coefficient (Wildman–Crippen LogP) is 7.83. The lowest BCUT2D eigenvalue weighted by atomic mass is 10.0. The molecule has 0 aliphatic rings. The number of hydrogen-bond acceptors (Lipinski definition) is 5. The lowest BCUT2D eigenvalue weighted by Crippen LogP contribution is -2.12. The van der Waals surface area contributed by atoms with Crippen LogP contribution in [-0.4, -0.2) is 10.9 Å². The Morgan fingerprint density at radius 3 is 2.46 bits per heavy atom. The molecule has 0 aliphatic heterocycles. The number of nitrogens with zero attached hydrogens (tertiary/aromatic N) is 1. The minimum absolute atomic E-state index is 0.317. The summed E-state index contributed by atoms with van der Waals surface area (Å²) < 4.78 is 11.2. The van der Waals surface area contributed by atoms with E-state index >= 15 is 0 Å². The van der Waals surface area contributed by atoms with Crippen LogP contribution < -0.4 is 10.9 Å². The van der Waals surface area contributed by atoms with Crippen molar-refractivity contribution in [2.45, 2.75) is 0 Å². The van der Waals surface area contributed by atoms with Gasteiger partial charge in [-0.1, -0.05) is 53.5 Å². The minimum atomic E-state index is -0.463. The van der Waals surface area contributed by atoms with E-state index in [2.05, 4.69) is 10.3 Å². The van der Waals surface area contributed by atoms with E-state index in [1.165, 1.54) is 0 Å². The third kappa shape index (κ3) is 4.48. The van der Waals surface area contributed by atoms with Gasteiger partial charge in [0.2, 0.25) is 5.89 Å². The molecule has 2 aromatic heterocycles. The number of para-hydroxylation sites is 1. The molecule has 0 spiro atoms. The number of anilines is 1. The number of carbonyl (C=O) groups is 1. The highest BCUT2D eigenvalue weighted by Crippen LogP contribution is 2.32. The second-order valence-electron chi connectivity index (χ2n) is 8.35. The fourth-order valence-electron chi connectivity index (χ4n) is 4.07. The van der Waals surface area contributed by atoms with Gasteiger partial charge >= 0.3 is 5.63 Å². The summed E-state index contributed by atoms with van der Waals surface area (Å²) in [5.74, 6) is 0.0713. The normalized spacial score (nSPS) is 11.2. The van der Waals surface area contributed by atoms with Crippen LogP contribution in [0, 0.1) is 0 Å². The first kappa shape index (κ1) is 23.0. The summed E-state index contributed by atoms with van der Waals surface area (Å²) in [6, 6.07) is 26.2. The predicted molar refractivity (Wildman–Crippen MR) is 145 cm³/mol. The van der Waals surface area contributed by atoms with E-state index in [4.69, 9.17) is 32.0 Å². The number of halogens is 2. The molecule has 0 unspecified atom stereocenters. The second-order valence-corrected chi connectivity index (χ2v) is 9.20. The van der Waals surface area contributed by atoms with Crippen LogP contribution in [0.1, 0.15) is 10.4 Å². The number of benzene rings is 4. The van der Waals surface area contributed by atoms with Crippen LogP contribution in [0.5, 0.6) is 0 Å². The zero-order valence-corrected chi connectivity index (χ0v) is 20.5. The van der Waals surface area contributed by atoms with Crippen LogP contribution in [0.2, 0.25) is 10.0 Å². The number of nitrogens with one attached hydrogen (secondary N) is 1. The molecule has 2 heterocycles. The number of rotatable bonds is 4. The molecule has 0 fully saturated rings. The highest BCUT2D eigenvalue weighted by molar-refractivity contribution is 6.38. The van der Waals surface area contributed by atoms with Gasteiger partial charge in [-0.2, -0.15) is 0 Å². The Bertz CT molecular complexity index is 1870. The van der Waals surface area contributed by atoms with Gasteiger partial charge in [0, 0.05) is 27.2 Å². The van der Waals surface area contributed by atoms with E-state index in [-0.39, 0.29) is 5.91 Å². The average Bonchev–Trinajstić information content (AvgIpc) is 3.33. The molecule has 8 heteroatoms. The summed E-state index contributed by atoms with van der Waals surface area (Å²) in [5.41, 5.74) is 3.75. The minimum Gasteiger partial charge on any atom is -0.435 e. The molecule has 0 aliphatic carbocycles. The summed E-state index contributed by atoms with van der Waals surface area (Å²) in [7, 11) is 0. The molecule has 0 saturated carbocycles. The lowest BCUT2D eigenvalue weighted by molar-refractivity contribution is 0.102. The van der Waals surface area contributed by atoms with Crippen molar-refractivity contribution >= 4 is 56.9 Å². The Balaban J connectivity index is 1.24. The van der Waals surface area contributed by atoms with Gasteiger partial charge in [-0.05, 0) is 66.2 Å². The molecule has 0 saturated heterocycles. The Morgan fingerprint density at radius 2 is 1.62 bits per heavy atom. The molecule has 180 valence electrons. The number of fused-ring (bicyclic) bond motifs is 2. The van der Waals surface area contributed by atoms with Crippen molar-refractivity contribution in [3.05, 3.63) is 117 Å². The Hall–Kier alpha value is -4.39. The van der Waals surface area contributed by atoms with Crippen molar-refractivity contribution in [3.8, 4) is 22.6 Å². The second kappa shape index (κ2) is 9.24. The zero-order chi connectivity index (χ0) is 25.5. The number of aromatic nitrogens is 1. The van der Waals surface area contributed by atoms with Crippen molar-refractivity contribution in [3.63, 3.8) is 0 Å². The van der Waals surface area contributed by atoms with Crippen LogP contribution in [0.25, 0.3) is 44.7 Å². The van der Waals surface area contributed by atoms with Crippen LogP contribution >= 0.6 is 23.2 Å². The van der Waals surface area contributed by atoms with Gasteiger partial charge in [0.15, 0.2) is 5.58 Å². The van der Waals surface area contributed by atoms with Crippen molar-refractivity contribution in [1.29, 1.82) is 0 Å². The van der Waals surface area contributed by atoms with Crippen molar-refractivity contribution in [1.82, 2.24) is 4.98 Å². The van der Waals surface area contributed by atoms with Crippen molar-refractivity contribution < 1.29 is 13.6 Å². The topological polar surface area (TPSA) is 85.3 Å². The molecule has 1 N–H and O–H groups in total. The highest BCUT2D eigenvalue weighted by Gasteiger charge is 2.14. The van der Waals surface area contributed by atoms with E-state index < -0.39 is 5.63 Å². The number of carbonyl (C=O) groups excluding carboxylic acids is 1. The van der Waals surface area contributed by atoms with E-state index in [0.29, 0.717) is 60.6 Å². The van der Waals surface area contributed by atoms with Gasteiger partial charge in [-0.3, -0.25) is 4.79 Å². The van der Waals surface area contributed by atoms with Crippen molar-refractivity contribution in [2.24, 2.45) is 0 Å². The molecule has 4 aromatic carbocycles. The fourth-order valence-corrected chi connectivity index (χ4v) is 4.60. The quantitative estimate of drug-likeness (QED) is 0.236. The molecular weight excluding hydrogens is 511 g/mol. The van der Waals surface area contributed by atoms with E-state index in [0.717, 1.165) is 5.39 Å². The van der Waals surface area contributed by atoms with Gasteiger partial charge in [0.05, 0.1) is 10.6 Å². The Kier molecular flexibility index (Phi) is 5.75. The smallest absolute Gasteiger partial charge is 0.344 e. The summed E-state index contributed by atoms with van der Waals surface area (Å²) in [6.45, 7) is 0. The maximum absolute atomic E-state index is 13.0. The van der Waals surface area contributed by atoms with Gasteiger partial charge in [0.1, 0.15) is 11.1 Å². The molecular formula is C29H16Cl2N2O4. The first-order valence-electron chi connectivity index (χ1n) is 11.3. The van der Waals surface area contributed by atoms with Crippen molar-refractivity contribution in [2.75, 3.05) is 5.32 Å². The molecule has 0 atom stereocenters. The first-order chi connectivity index (χ1) is 17.9. The summed E-state index contributed by atoms with van der Waals surface area (Å²) in [4.78, 5) is 30.0. The maximum atomic E-state index is 13.0. The fraction of sp³-hybridized carbons (Fsp3) is 0. The van der Waals surface area contributed by atoms with Gasteiger partial charge in [-0.25, -0.2) is 9.78 Å². The largest absolute Gasteiger partial charge is 0.435 e.